The van der Waals surface area contributed by atoms with Gasteiger partial charge in [0.25, 0.3) is 5.91 Å². The smallest absolute Gasteiger partial charge is 0.289 e. The van der Waals surface area contributed by atoms with Gasteiger partial charge in [0.2, 0.25) is 10.0 Å². The van der Waals surface area contributed by atoms with Crippen LogP contribution in [-0.4, -0.2) is 54.7 Å². The third-order valence-electron chi connectivity index (χ3n) is 3.85. The molecule has 122 valence electrons. The predicted octanol–water partition coefficient (Wildman–Crippen LogP) is 1.13. The number of nitrogens with zero attached hydrogens (tertiary/aromatic N) is 3. The molecule has 23 heavy (non-hydrogen) atoms. The Bertz CT molecular complexity index is 793. The van der Waals surface area contributed by atoms with E-state index in [9.17, 15) is 13.2 Å². The second-order valence-corrected chi connectivity index (χ2v) is 7.26. The topological polar surface area (TPSA) is 83.7 Å². The van der Waals surface area contributed by atoms with Crippen molar-refractivity contribution >= 4 is 15.9 Å². The highest BCUT2D eigenvalue weighted by atomic mass is 32.2. The minimum atomic E-state index is -3.56. The standard InChI is InChI=1S/C15H17N3O4S/c1-12-4-10-22-14(12)15(19)17-6-8-18(9-7-17)23(20,21)13-3-2-5-16-11-13/h2-5,10-11H,6-9H2,1H3. The zero-order valence-corrected chi connectivity index (χ0v) is 13.5. The fourth-order valence-electron chi connectivity index (χ4n) is 2.52. The molecule has 0 unspecified atom stereocenters. The minimum absolute atomic E-state index is 0.168. The summed E-state index contributed by atoms with van der Waals surface area (Å²) in [6.07, 6.45) is 4.34. The molecular formula is C15H17N3O4S. The van der Waals surface area contributed by atoms with E-state index >= 15 is 0 Å². The first kappa shape index (κ1) is 15.7. The van der Waals surface area contributed by atoms with Gasteiger partial charge in [0, 0.05) is 44.1 Å². The lowest BCUT2D eigenvalue weighted by Crippen LogP contribution is -2.50. The highest BCUT2D eigenvalue weighted by Gasteiger charge is 2.31. The summed E-state index contributed by atoms with van der Waals surface area (Å²) in [7, 11) is -3.56. The number of sulfonamides is 1. The van der Waals surface area contributed by atoms with Crippen molar-refractivity contribution in [3.8, 4) is 0 Å². The maximum absolute atomic E-state index is 12.5. The van der Waals surface area contributed by atoms with Crippen LogP contribution in [0.25, 0.3) is 0 Å². The fraction of sp³-hybridized carbons (Fsp3) is 0.333. The van der Waals surface area contributed by atoms with Crippen LogP contribution >= 0.6 is 0 Å². The number of furan rings is 1. The van der Waals surface area contributed by atoms with E-state index in [1.54, 1.807) is 24.0 Å². The van der Waals surface area contributed by atoms with Crippen LogP contribution in [0.4, 0.5) is 0 Å². The highest BCUT2D eigenvalue weighted by molar-refractivity contribution is 7.89. The molecular weight excluding hydrogens is 318 g/mol. The molecule has 1 aliphatic rings. The zero-order chi connectivity index (χ0) is 16.4. The van der Waals surface area contributed by atoms with Gasteiger partial charge in [-0.3, -0.25) is 9.78 Å². The van der Waals surface area contributed by atoms with Crippen LogP contribution in [0.15, 0.2) is 46.2 Å². The number of aromatic nitrogens is 1. The van der Waals surface area contributed by atoms with Gasteiger partial charge >= 0.3 is 0 Å². The molecule has 0 aromatic carbocycles. The summed E-state index contributed by atoms with van der Waals surface area (Å²) in [5.74, 6) is 0.111. The van der Waals surface area contributed by atoms with Gasteiger partial charge < -0.3 is 9.32 Å². The Kier molecular flexibility index (Phi) is 4.18. The van der Waals surface area contributed by atoms with E-state index in [4.69, 9.17) is 4.42 Å². The van der Waals surface area contributed by atoms with Crippen LogP contribution in [0.1, 0.15) is 16.1 Å². The van der Waals surface area contributed by atoms with Crippen LogP contribution in [-0.2, 0) is 10.0 Å². The number of pyridine rings is 1. The van der Waals surface area contributed by atoms with Crippen LogP contribution in [0.3, 0.4) is 0 Å². The van der Waals surface area contributed by atoms with Crippen molar-refractivity contribution in [1.29, 1.82) is 0 Å². The average Bonchev–Trinajstić information content (AvgIpc) is 3.01. The van der Waals surface area contributed by atoms with Crippen molar-refractivity contribution in [1.82, 2.24) is 14.2 Å². The molecule has 1 amide bonds. The quantitative estimate of drug-likeness (QED) is 0.839. The Morgan fingerprint density at radius 1 is 1.22 bits per heavy atom. The molecule has 0 spiro atoms. The van der Waals surface area contributed by atoms with Gasteiger partial charge in [-0.25, -0.2) is 8.42 Å². The first-order chi connectivity index (χ1) is 11.0. The summed E-state index contributed by atoms with van der Waals surface area (Å²) in [6, 6.07) is 4.84. The second kappa shape index (κ2) is 6.13. The largest absolute Gasteiger partial charge is 0.459 e. The molecule has 1 fully saturated rings. The first-order valence-corrected chi connectivity index (χ1v) is 8.67. The summed E-state index contributed by atoms with van der Waals surface area (Å²) in [6.45, 7) is 2.97. The molecule has 0 N–H and O–H groups in total. The second-order valence-electron chi connectivity index (χ2n) is 5.32. The Morgan fingerprint density at radius 3 is 2.52 bits per heavy atom. The number of amides is 1. The molecule has 0 atom stereocenters. The molecule has 3 rings (SSSR count). The Labute approximate surface area is 134 Å². The van der Waals surface area contributed by atoms with E-state index in [0.29, 0.717) is 18.8 Å². The monoisotopic (exact) mass is 335 g/mol. The van der Waals surface area contributed by atoms with Gasteiger partial charge in [0.15, 0.2) is 5.76 Å². The van der Waals surface area contributed by atoms with Gasteiger partial charge in [0.05, 0.1) is 6.26 Å². The number of carbonyl (C=O) groups excluding carboxylic acids is 1. The molecule has 8 heteroatoms. The van der Waals surface area contributed by atoms with Crippen LogP contribution in [0.2, 0.25) is 0 Å². The zero-order valence-electron chi connectivity index (χ0n) is 12.7. The number of aryl methyl sites for hydroxylation is 1. The predicted molar refractivity (Wildman–Crippen MR) is 82.3 cm³/mol. The molecule has 2 aromatic rings. The summed E-state index contributed by atoms with van der Waals surface area (Å²) >= 11 is 0. The number of carbonyl (C=O) groups is 1. The van der Waals surface area contributed by atoms with Crippen molar-refractivity contribution in [3.05, 3.63) is 48.2 Å². The Balaban J connectivity index is 1.69. The summed E-state index contributed by atoms with van der Waals surface area (Å²) in [4.78, 5) is 18.0. The van der Waals surface area contributed by atoms with Gasteiger partial charge in [-0.05, 0) is 25.1 Å². The van der Waals surface area contributed by atoms with E-state index in [2.05, 4.69) is 4.98 Å². The maximum Gasteiger partial charge on any atom is 0.289 e. The van der Waals surface area contributed by atoms with Gasteiger partial charge in [0.1, 0.15) is 4.90 Å². The van der Waals surface area contributed by atoms with Gasteiger partial charge in [-0.2, -0.15) is 4.31 Å². The van der Waals surface area contributed by atoms with E-state index in [-0.39, 0.29) is 23.9 Å². The maximum atomic E-state index is 12.5. The van der Waals surface area contributed by atoms with E-state index in [1.165, 1.54) is 29.0 Å². The molecule has 7 nitrogen and oxygen atoms in total. The fourth-order valence-corrected chi connectivity index (χ4v) is 3.90. The third-order valence-corrected chi connectivity index (χ3v) is 5.74. The normalized spacial score (nSPS) is 16.5. The third kappa shape index (κ3) is 2.99. The average molecular weight is 335 g/mol. The number of rotatable bonds is 3. The Hall–Kier alpha value is -2.19. The lowest BCUT2D eigenvalue weighted by molar-refractivity contribution is 0.0665. The van der Waals surface area contributed by atoms with Crippen molar-refractivity contribution in [2.24, 2.45) is 0 Å². The molecule has 0 radical (unpaired) electrons. The molecule has 0 bridgehead atoms. The molecule has 1 aliphatic heterocycles. The minimum Gasteiger partial charge on any atom is -0.459 e. The van der Waals surface area contributed by atoms with E-state index in [1.807, 2.05) is 0 Å². The van der Waals surface area contributed by atoms with Crippen molar-refractivity contribution in [2.45, 2.75) is 11.8 Å². The highest BCUT2D eigenvalue weighted by Crippen LogP contribution is 2.18. The van der Waals surface area contributed by atoms with Crippen LogP contribution in [0.5, 0.6) is 0 Å². The van der Waals surface area contributed by atoms with E-state index < -0.39 is 10.0 Å². The number of hydrogen-bond acceptors (Lipinski definition) is 5. The van der Waals surface area contributed by atoms with E-state index in [0.717, 1.165) is 5.56 Å². The summed E-state index contributed by atoms with van der Waals surface area (Å²) in [5, 5.41) is 0. The molecule has 1 saturated heterocycles. The van der Waals surface area contributed by atoms with Crippen molar-refractivity contribution in [2.75, 3.05) is 26.2 Å². The van der Waals surface area contributed by atoms with Crippen molar-refractivity contribution < 1.29 is 17.6 Å². The summed E-state index contributed by atoms with van der Waals surface area (Å²) < 4.78 is 31.6. The lowest BCUT2D eigenvalue weighted by atomic mass is 10.2. The van der Waals surface area contributed by atoms with Crippen LogP contribution in [0, 0.1) is 6.92 Å². The molecule has 3 heterocycles. The van der Waals surface area contributed by atoms with Crippen molar-refractivity contribution in [3.63, 3.8) is 0 Å². The number of piperazine rings is 1. The SMILES string of the molecule is Cc1ccoc1C(=O)N1CCN(S(=O)(=O)c2cccnc2)CC1. The summed E-state index contributed by atoms with van der Waals surface area (Å²) in [5.41, 5.74) is 0.778. The lowest BCUT2D eigenvalue weighted by Gasteiger charge is -2.33. The molecule has 2 aromatic heterocycles. The molecule has 0 saturated carbocycles. The Morgan fingerprint density at radius 2 is 1.96 bits per heavy atom. The van der Waals surface area contributed by atoms with Gasteiger partial charge in [-0.15, -0.1) is 0 Å². The first-order valence-electron chi connectivity index (χ1n) is 7.23. The number of hydrogen-bond donors (Lipinski definition) is 0. The molecule has 0 aliphatic carbocycles. The van der Waals surface area contributed by atoms with Crippen LogP contribution < -0.4 is 0 Å². The van der Waals surface area contributed by atoms with Gasteiger partial charge in [-0.1, -0.05) is 0 Å².